The predicted molar refractivity (Wildman–Crippen MR) is 117 cm³/mol. The van der Waals surface area contributed by atoms with Crippen molar-refractivity contribution in [2.75, 3.05) is 31.1 Å². The highest BCUT2D eigenvalue weighted by Crippen LogP contribution is 2.31. The molecule has 0 spiro atoms. The van der Waals surface area contributed by atoms with Crippen LogP contribution in [0, 0.1) is 0 Å². The van der Waals surface area contributed by atoms with Crippen LogP contribution in [0.2, 0.25) is 0 Å². The number of carbonyl (C=O) groups excluding carboxylic acids is 1. The second-order valence-corrected chi connectivity index (χ2v) is 8.91. The molecule has 0 N–H and O–H groups in total. The molecule has 152 valence electrons. The van der Waals surface area contributed by atoms with Gasteiger partial charge >= 0.3 is 0 Å². The van der Waals surface area contributed by atoms with Crippen LogP contribution in [0.15, 0.2) is 48.5 Å². The zero-order valence-electron chi connectivity index (χ0n) is 17.4. The average molecular weight is 390 g/mol. The highest BCUT2D eigenvalue weighted by Gasteiger charge is 2.33. The summed E-state index contributed by atoms with van der Waals surface area (Å²) in [6, 6.07) is 18.0. The molecule has 3 heterocycles. The highest BCUT2D eigenvalue weighted by molar-refractivity contribution is 5.94. The second kappa shape index (κ2) is 7.83. The lowest BCUT2D eigenvalue weighted by Crippen LogP contribution is -2.39. The number of rotatable bonds is 3. The first-order chi connectivity index (χ1) is 14.2. The molecule has 3 aliphatic rings. The lowest BCUT2D eigenvalue weighted by atomic mass is 9.98. The standard InChI is InChI=1S/C25H31N3O/c1-19-6-5-13-28(19)24-12-15-26(18-24)23-10-9-22-17-27(14-11-21(22)16-23)25(29)20-7-3-2-4-8-20/h2-4,7-10,16,19,24H,5-6,11-15,17-18H2,1H3/t19-,24-/m0/s1. The van der Waals surface area contributed by atoms with Crippen LogP contribution in [0.4, 0.5) is 5.69 Å². The van der Waals surface area contributed by atoms with E-state index in [1.54, 1.807) is 0 Å². The SMILES string of the molecule is C[C@H]1CCCN1[C@H]1CCN(c2ccc3c(c2)CCN(C(=O)c2ccccc2)C3)C1. The van der Waals surface area contributed by atoms with Crippen molar-refractivity contribution in [3.05, 3.63) is 65.2 Å². The molecule has 0 radical (unpaired) electrons. The number of hydrogen-bond donors (Lipinski definition) is 0. The molecule has 0 aromatic heterocycles. The van der Waals surface area contributed by atoms with Gasteiger partial charge < -0.3 is 9.80 Å². The number of amides is 1. The summed E-state index contributed by atoms with van der Waals surface area (Å²) in [7, 11) is 0. The minimum Gasteiger partial charge on any atom is -0.370 e. The van der Waals surface area contributed by atoms with Crippen LogP contribution in [0.25, 0.3) is 0 Å². The molecular weight excluding hydrogens is 358 g/mol. The van der Waals surface area contributed by atoms with E-state index in [1.165, 1.54) is 42.6 Å². The van der Waals surface area contributed by atoms with E-state index in [0.29, 0.717) is 6.04 Å². The molecule has 0 aliphatic carbocycles. The Balaban J connectivity index is 1.26. The molecule has 2 fully saturated rings. The average Bonchev–Trinajstić information content (AvgIpc) is 3.42. The van der Waals surface area contributed by atoms with Crippen molar-refractivity contribution >= 4 is 11.6 Å². The number of hydrogen-bond acceptors (Lipinski definition) is 3. The Morgan fingerprint density at radius 2 is 1.83 bits per heavy atom. The predicted octanol–water partition coefficient (Wildman–Crippen LogP) is 3.95. The largest absolute Gasteiger partial charge is 0.370 e. The molecule has 29 heavy (non-hydrogen) atoms. The maximum Gasteiger partial charge on any atom is 0.254 e. The molecule has 2 aromatic rings. The van der Waals surface area contributed by atoms with Crippen molar-refractivity contribution in [2.45, 2.75) is 51.2 Å². The van der Waals surface area contributed by atoms with Crippen molar-refractivity contribution < 1.29 is 4.79 Å². The van der Waals surface area contributed by atoms with Crippen LogP contribution in [0.3, 0.4) is 0 Å². The molecule has 0 bridgehead atoms. The van der Waals surface area contributed by atoms with E-state index < -0.39 is 0 Å². The van der Waals surface area contributed by atoms with Gasteiger partial charge in [-0.1, -0.05) is 24.3 Å². The Bertz CT molecular complexity index is 881. The zero-order valence-corrected chi connectivity index (χ0v) is 17.4. The number of anilines is 1. The summed E-state index contributed by atoms with van der Waals surface area (Å²) in [5.41, 5.74) is 4.86. The number of benzene rings is 2. The third kappa shape index (κ3) is 3.66. The summed E-state index contributed by atoms with van der Waals surface area (Å²) in [6.07, 6.45) is 4.94. The van der Waals surface area contributed by atoms with Gasteiger partial charge in [0.25, 0.3) is 5.91 Å². The molecule has 1 amide bonds. The number of nitrogens with zero attached hydrogens (tertiary/aromatic N) is 3. The number of likely N-dealkylation sites (tertiary alicyclic amines) is 1. The molecule has 4 heteroatoms. The maximum atomic E-state index is 12.8. The van der Waals surface area contributed by atoms with Crippen LogP contribution in [-0.4, -0.2) is 54.0 Å². The van der Waals surface area contributed by atoms with Crippen LogP contribution in [-0.2, 0) is 13.0 Å². The van der Waals surface area contributed by atoms with E-state index >= 15 is 0 Å². The molecule has 4 nitrogen and oxygen atoms in total. The monoisotopic (exact) mass is 389 g/mol. The van der Waals surface area contributed by atoms with E-state index in [1.807, 2.05) is 35.2 Å². The quantitative estimate of drug-likeness (QED) is 0.795. The van der Waals surface area contributed by atoms with E-state index in [0.717, 1.165) is 44.2 Å². The smallest absolute Gasteiger partial charge is 0.254 e. The Labute approximate surface area is 174 Å². The Kier molecular flexibility index (Phi) is 5.04. The maximum absolute atomic E-state index is 12.8. The van der Waals surface area contributed by atoms with Crippen LogP contribution in [0.1, 0.15) is 47.7 Å². The molecule has 2 atom stereocenters. The lowest BCUT2D eigenvalue weighted by Gasteiger charge is -2.31. The molecule has 2 aromatic carbocycles. The van der Waals surface area contributed by atoms with Crippen molar-refractivity contribution in [1.29, 1.82) is 0 Å². The molecule has 2 saturated heterocycles. The van der Waals surface area contributed by atoms with Crippen LogP contribution < -0.4 is 4.90 Å². The minimum absolute atomic E-state index is 0.141. The minimum atomic E-state index is 0.141. The topological polar surface area (TPSA) is 26.8 Å². The van der Waals surface area contributed by atoms with Crippen molar-refractivity contribution in [3.63, 3.8) is 0 Å². The van der Waals surface area contributed by atoms with Gasteiger partial charge in [-0.05, 0) is 74.5 Å². The van der Waals surface area contributed by atoms with E-state index in [9.17, 15) is 4.79 Å². The Hall–Kier alpha value is -2.33. The van der Waals surface area contributed by atoms with Gasteiger partial charge in [0.1, 0.15) is 0 Å². The van der Waals surface area contributed by atoms with Crippen LogP contribution in [0.5, 0.6) is 0 Å². The molecule has 3 aliphatic heterocycles. The van der Waals surface area contributed by atoms with Gasteiger partial charge in [-0.2, -0.15) is 0 Å². The lowest BCUT2D eigenvalue weighted by molar-refractivity contribution is 0.0734. The van der Waals surface area contributed by atoms with Gasteiger partial charge in [0.05, 0.1) is 0 Å². The van der Waals surface area contributed by atoms with E-state index in [-0.39, 0.29) is 5.91 Å². The number of fused-ring (bicyclic) bond motifs is 1. The second-order valence-electron chi connectivity index (χ2n) is 8.91. The molecule has 0 unspecified atom stereocenters. The normalized spacial score (nSPS) is 24.7. The Morgan fingerprint density at radius 1 is 0.966 bits per heavy atom. The van der Waals surface area contributed by atoms with Gasteiger partial charge in [0.15, 0.2) is 0 Å². The molecule has 5 rings (SSSR count). The van der Waals surface area contributed by atoms with Crippen molar-refractivity contribution in [2.24, 2.45) is 0 Å². The van der Waals surface area contributed by atoms with Crippen LogP contribution >= 0.6 is 0 Å². The fourth-order valence-electron chi connectivity index (χ4n) is 5.42. The first-order valence-electron chi connectivity index (χ1n) is 11.2. The summed E-state index contributed by atoms with van der Waals surface area (Å²) < 4.78 is 0. The van der Waals surface area contributed by atoms with Crippen molar-refractivity contribution in [1.82, 2.24) is 9.80 Å². The van der Waals surface area contributed by atoms with Crippen molar-refractivity contribution in [3.8, 4) is 0 Å². The Morgan fingerprint density at radius 3 is 2.62 bits per heavy atom. The summed E-state index contributed by atoms with van der Waals surface area (Å²) in [5.74, 6) is 0.141. The highest BCUT2D eigenvalue weighted by atomic mass is 16.2. The first kappa shape index (κ1) is 18.7. The summed E-state index contributed by atoms with van der Waals surface area (Å²) in [5, 5.41) is 0. The first-order valence-corrected chi connectivity index (χ1v) is 11.2. The summed E-state index contributed by atoms with van der Waals surface area (Å²) >= 11 is 0. The zero-order chi connectivity index (χ0) is 19.8. The third-order valence-electron chi connectivity index (χ3n) is 7.11. The third-order valence-corrected chi connectivity index (χ3v) is 7.11. The van der Waals surface area contributed by atoms with Gasteiger partial charge in [-0.3, -0.25) is 9.69 Å². The van der Waals surface area contributed by atoms with E-state index in [2.05, 4.69) is 34.9 Å². The van der Waals surface area contributed by atoms with Gasteiger partial charge in [-0.25, -0.2) is 0 Å². The van der Waals surface area contributed by atoms with Gasteiger partial charge in [0, 0.05) is 49.5 Å². The number of carbonyl (C=O) groups is 1. The summed E-state index contributed by atoms with van der Waals surface area (Å²) in [6.45, 7) is 7.49. The fraction of sp³-hybridized carbons (Fsp3) is 0.480. The molecular formula is C25H31N3O. The van der Waals surface area contributed by atoms with Gasteiger partial charge in [-0.15, -0.1) is 0 Å². The van der Waals surface area contributed by atoms with Gasteiger partial charge in [0.2, 0.25) is 0 Å². The summed E-state index contributed by atoms with van der Waals surface area (Å²) in [4.78, 5) is 20.1. The van der Waals surface area contributed by atoms with E-state index in [4.69, 9.17) is 0 Å². The molecule has 0 saturated carbocycles. The fourth-order valence-corrected chi connectivity index (χ4v) is 5.42.